The Labute approximate surface area is 171 Å². The predicted octanol–water partition coefficient (Wildman–Crippen LogP) is 3.84. The van der Waals surface area contributed by atoms with Gasteiger partial charge in [-0.05, 0) is 54.5 Å². The number of hydrogen-bond donors (Lipinski definition) is 0. The molecular formula is C22H19F2N5O. The van der Waals surface area contributed by atoms with Crippen LogP contribution in [0.1, 0.15) is 37.3 Å². The summed E-state index contributed by atoms with van der Waals surface area (Å²) in [6, 6.07) is 6.76. The molecule has 1 atom stereocenters. The van der Waals surface area contributed by atoms with E-state index in [4.69, 9.17) is 0 Å². The van der Waals surface area contributed by atoms with E-state index in [1.807, 2.05) is 18.5 Å². The van der Waals surface area contributed by atoms with E-state index in [1.54, 1.807) is 12.4 Å². The maximum atomic E-state index is 13.7. The maximum absolute atomic E-state index is 13.7. The van der Waals surface area contributed by atoms with Crippen LogP contribution in [0.25, 0.3) is 11.2 Å². The first-order chi connectivity index (χ1) is 14.5. The number of hydrazone groups is 1. The number of halogens is 2. The van der Waals surface area contributed by atoms with E-state index in [-0.39, 0.29) is 11.3 Å². The van der Waals surface area contributed by atoms with Crippen LogP contribution in [0, 0.1) is 22.5 Å². The molecule has 3 saturated carbocycles. The minimum Gasteiger partial charge on any atom is -0.315 e. The monoisotopic (exact) mass is 407 g/mol. The number of carbonyl (C=O) groups is 1. The van der Waals surface area contributed by atoms with Gasteiger partial charge in [0, 0.05) is 31.4 Å². The molecule has 0 spiro atoms. The molecule has 2 aromatic heterocycles. The smallest absolute Gasteiger partial charge is 0.249 e. The molecule has 4 aliphatic rings. The summed E-state index contributed by atoms with van der Waals surface area (Å²) in [5.41, 5.74) is 1.85. The number of benzene rings is 1. The Kier molecular flexibility index (Phi) is 3.50. The van der Waals surface area contributed by atoms with Crippen LogP contribution >= 0.6 is 0 Å². The lowest BCUT2D eigenvalue weighted by atomic mass is 9.34. The molecule has 6 nitrogen and oxygen atoms in total. The van der Waals surface area contributed by atoms with Gasteiger partial charge in [-0.3, -0.25) is 4.79 Å². The van der Waals surface area contributed by atoms with Crippen LogP contribution in [0.4, 0.5) is 8.78 Å². The van der Waals surface area contributed by atoms with Crippen molar-refractivity contribution in [3.05, 3.63) is 60.1 Å². The van der Waals surface area contributed by atoms with Crippen molar-refractivity contribution in [2.75, 3.05) is 0 Å². The summed E-state index contributed by atoms with van der Waals surface area (Å²) in [6.45, 7) is 0.789. The average molecular weight is 407 g/mol. The molecule has 2 bridgehead atoms. The maximum Gasteiger partial charge on any atom is 0.249 e. The third kappa shape index (κ3) is 2.45. The van der Waals surface area contributed by atoms with Crippen molar-refractivity contribution in [1.29, 1.82) is 0 Å². The second-order valence-corrected chi connectivity index (χ2v) is 8.93. The Bertz CT molecular complexity index is 1180. The van der Waals surface area contributed by atoms with Crippen LogP contribution in [-0.4, -0.2) is 31.7 Å². The molecule has 1 amide bonds. The van der Waals surface area contributed by atoms with Gasteiger partial charge in [-0.2, -0.15) is 5.10 Å². The molecule has 1 unspecified atom stereocenters. The zero-order valence-corrected chi connectivity index (χ0v) is 16.1. The molecule has 3 aliphatic carbocycles. The fraction of sp³-hybridized carbons (Fsp3) is 0.364. The molecule has 0 radical (unpaired) electrons. The number of rotatable bonds is 4. The number of hydrogen-bond acceptors (Lipinski definition) is 4. The first-order valence-corrected chi connectivity index (χ1v) is 10.1. The second kappa shape index (κ2) is 5.93. The van der Waals surface area contributed by atoms with Crippen molar-refractivity contribution in [1.82, 2.24) is 19.5 Å². The van der Waals surface area contributed by atoms with E-state index in [0.717, 1.165) is 43.0 Å². The number of fused-ring (bicyclic) bond motifs is 1. The first kappa shape index (κ1) is 17.7. The van der Waals surface area contributed by atoms with Gasteiger partial charge in [0.25, 0.3) is 0 Å². The minimum atomic E-state index is -0.644. The number of aromatic nitrogens is 3. The van der Waals surface area contributed by atoms with E-state index in [9.17, 15) is 13.6 Å². The Morgan fingerprint density at radius 1 is 1.13 bits per heavy atom. The highest BCUT2D eigenvalue weighted by Gasteiger charge is 2.72. The summed E-state index contributed by atoms with van der Waals surface area (Å²) in [5.74, 6) is -1.33. The molecule has 0 N–H and O–H groups in total. The lowest BCUT2D eigenvalue weighted by Gasteiger charge is -2.69. The molecule has 0 saturated heterocycles. The number of amides is 1. The summed E-state index contributed by atoms with van der Waals surface area (Å²) >= 11 is 0. The number of nitrogens with zero attached hydrogens (tertiary/aromatic N) is 5. The van der Waals surface area contributed by atoms with Gasteiger partial charge in [0.2, 0.25) is 5.91 Å². The quantitative estimate of drug-likeness (QED) is 0.660. The summed E-state index contributed by atoms with van der Waals surface area (Å²) in [4.78, 5) is 22.1. The van der Waals surface area contributed by atoms with E-state index in [1.165, 1.54) is 17.1 Å². The Morgan fingerprint density at radius 3 is 2.67 bits per heavy atom. The zero-order chi connectivity index (χ0) is 20.5. The Hall–Kier alpha value is -3.16. The third-order valence-electron chi connectivity index (χ3n) is 6.78. The largest absolute Gasteiger partial charge is 0.315 e. The van der Waals surface area contributed by atoms with Crippen molar-refractivity contribution in [3.63, 3.8) is 0 Å². The van der Waals surface area contributed by atoms with Crippen LogP contribution in [0.2, 0.25) is 0 Å². The average Bonchev–Trinajstić information content (AvgIpc) is 3.29. The first-order valence-electron chi connectivity index (χ1n) is 10.1. The van der Waals surface area contributed by atoms with E-state index in [0.29, 0.717) is 12.0 Å². The van der Waals surface area contributed by atoms with Crippen molar-refractivity contribution in [2.45, 2.75) is 38.3 Å². The Balaban J connectivity index is 1.18. The zero-order valence-electron chi connectivity index (χ0n) is 16.1. The molecule has 3 fully saturated rings. The van der Waals surface area contributed by atoms with Crippen molar-refractivity contribution < 1.29 is 13.6 Å². The topological polar surface area (TPSA) is 63.4 Å². The van der Waals surface area contributed by atoms with Gasteiger partial charge in [-0.15, -0.1) is 0 Å². The minimum absolute atomic E-state index is 0.0404. The van der Waals surface area contributed by atoms with E-state index in [2.05, 4.69) is 19.6 Å². The lowest BCUT2D eigenvalue weighted by molar-refractivity contribution is -0.222. The highest BCUT2D eigenvalue weighted by molar-refractivity contribution is 5.88. The normalized spacial score (nSPS) is 29.1. The van der Waals surface area contributed by atoms with Crippen LogP contribution in [0.15, 0.2) is 48.0 Å². The molecule has 152 valence electrons. The highest BCUT2D eigenvalue weighted by atomic mass is 19.1. The van der Waals surface area contributed by atoms with Gasteiger partial charge < -0.3 is 4.57 Å². The molecule has 1 aromatic carbocycles. The molecule has 30 heavy (non-hydrogen) atoms. The third-order valence-corrected chi connectivity index (χ3v) is 6.78. The standard InChI is InChI=1S/C22H19F2N5O/c23-15-6-14(7-16(24)8-15)18-3-5-27-29(18)20(30)22-9-21(10-22,11-22)12-28-13-26-17-2-1-4-25-19(17)28/h1-2,4-8,13,18H,3,9-12H2. The van der Waals surface area contributed by atoms with Gasteiger partial charge in [0.05, 0.1) is 17.8 Å². The highest BCUT2D eigenvalue weighted by Crippen LogP contribution is 2.74. The van der Waals surface area contributed by atoms with Crippen molar-refractivity contribution in [3.8, 4) is 0 Å². The van der Waals surface area contributed by atoms with Gasteiger partial charge in [0.15, 0.2) is 5.65 Å². The van der Waals surface area contributed by atoms with Crippen LogP contribution in [-0.2, 0) is 11.3 Å². The SMILES string of the molecule is O=C(N1N=CCC1c1cc(F)cc(F)c1)C12CC(Cn3cnc4cccnc43)(C1)C2. The predicted molar refractivity (Wildman–Crippen MR) is 105 cm³/mol. The number of pyridine rings is 1. The van der Waals surface area contributed by atoms with Gasteiger partial charge in [-0.1, -0.05) is 0 Å². The summed E-state index contributed by atoms with van der Waals surface area (Å²) in [7, 11) is 0. The Morgan fingerprint density at radius 2 is 1.90 bits per heavy atom. The lowest BCUT2D eigenvalue weighted by Crippen LogP contribution is -2.68. The molecular weight excluding hydrogens is 388 g/mol. The van der Waals surface area contributed by atoms with Crippen LogP contribution in [0.3, 0.4) is 0 Å². The fourth-order valence-corrected chi connectivity index (χ4v) is 5.66. The molecule has 3 aromatic rings. The summed E-state index contributed by atoms with van der Waals surface area (Å²) < 4.78 is 29.4. The van der Waals surface area contributed by atoms with Crippen LogP contribution in [0.5, 0.6) is 0 Å². The van der Waals surface area contributed by atoms with Crippen molar-refractivity contribution in [2.24, 2.45) is 15.9 Å². The molecule has 8 heteroatoms. The summed E-state index contributed by atoms with van der Waals surface area (Å²) in [5, 5.41) is 5.69. The number of imidazole rings is 1. The number of carbonyl (C=O) groups excluding carboxylic acids is 1. The molecule has 3 heterocycles. The van der Waals surface area contributed by atoms with Gasteiger partial charge in [0.1, 0.15) is 17.2 Å². The van der Waals surface area contributed by atoms with Gasteiger partial charge in [-0.25, -0.2) is 23.8 Å². The van der Waals surface area contributed by atoms with E-state index >= 15 is 0 Å². The van der Waals surface area contributed by atoms with Crippen LogP contribution < -0.4 is 0 Å². The van der Waals surface area contributed by atoms with E-state index < -0.39 is 23.1 Å². The van der Waals surface area contributed by atoms with Gasteiger partial charge >= 0.3 is 0 Å². The molecule has 7 rings (SSSR count). The second-order valence-electron chi connectivity index (χ2n) is 8.93. The van der Waals surface area contributed by atoms with Crippen molar-refractivity contribution >= 4 is 23.3 Å². The fourth-order valence-electron chi connectivity index (χ4n) is 5.66. The summed E-state index contributed by atoms with van der Waals surface area (Å²) in [6.07, 6.45) is 8.06. The molecule has 1 aliphatic heterocycles.